The van der Waals surface area contributed by atoms with Crippen LogP contribution in [-0.4, -0.2) is 5.78 Å². The first-order chi connectivity index (χ1) is 10.8. The lowest BCUT2D eigenvalue weighted by Gasteiger charge is -2.18. The summed E-state index contributed by atoms with van der Waals surface area (Å²) in [6.45, 7) is 10.8. The van der Waals surface area contributed by atoms with Gasteiger partial charge in [0.2, 0.25) is 5.78 Å². The summed E-state index contributed by atoms with van der Waals surface area (Å²) in [5, 5.41) is 0. The van der Waals surface area contributed by atoms with Gasteiger partial charge in [-0.25, -0.2) is 0 Å². The molecule has 0 aliphatic heterocycles. The Hall–Kier alpha value is -2.33. The Bertz CT molecular complexity index is 730. The highest BCUT2D eigenvalue weighted by atomic mass is 16.1. The fraction of sp³-hybridized carbons (Fsp3) is 0.318. The molecule has 0 bridgehead atoms. The van der Waals surface area contributed by atoms with Crippen molar-refractivity contribution in [3.05, 3.63) is 70.8 Å². The second-order valence-corrected chi connectivity index (χ2v) is 7.18. The van der Waals surface area contributed by atoms with E-state index in [1.807, 2.05) is 36.4 Å². The molecular formula is C22H24O. The van der Waals surface area contributed by atoms with E-state index >= 15 is 0 Å². The third kappa shape index (κ3) is 4.57. The van der Waals surface area contributed by atoms with E-state index in [0.717, 1.165) is 5.56 Å². The van der Waals surface area contributed by atoms with Crippen molar-refractivity contribution >= 4 is 5.78 Å². The number of rotatable bonds is 2. The minimum absolute atomic E-state index is 0.0887. The van der Waals surface area contributed by atoms with E-state index in [9.17, 15) is 4.79 Å². The summed E-state index contributed by atoms with van der Waals surface area (Å²) in [5.41, 5.74) is 4.09. The molecule has 0 atom stereocenters. The Labute approximate surface area is 139 Å². The van der Waals surface area contributed by atoms with Crippen LogP contribution in [0.4, 0.5) is 0 Å². The summed E-state index contributed by atoms with van der Waals surface area (Å²) in [6.07, 6.45) is 0. The predicted molar refractivity (Wildman–Crippen MR) is 96.9 cm³/mol. The van der Waals surface area contributed by atoms with Gasteiger partial charge in [-0.1, -0.05) is 76.9 Å². The fourth-order valence-electron chi connectivity index (χ4n) is 2.27. The largest absolute Gasteiger partial charge is 0.279 e. The summed E-state index contributed by atoms with van der Waals surface area (Å²) in [4.78, 5) is 12.2. The quantitative estimate of drug-likeness (QED) is 0.540. The Morgan fingerprint density at radius 3 is 1.96 bits per heavy atom. The summed E-state index contributed by atoms with van der Waals surface area (Å²) < 4.78 is 0. The van der Waals surface area contributed by atoms with E-state index in [-0.39, 0.29) is 11.2 Å². The molecule has 0 heterocycles. The number of ketones is 1. The second-order valence-electron chi connectivity index (χ2n) is 7.18. The molecule has 0 fully saturated rings. The molecule has 0 spiro atoms. The number of benzene rings is 2. The fourth-order valence-corrected chi connectivity index (χ4v) is 2.27. The van der Waals surface area contributed by atoms with Gasteiger partial charge in [-0.2, -0.15) is 0 Å². The maximum Gasteiger partial charge on any atom is 0.236 e. The zero-order chi connectivity index (χ0) is 17.0. The van der Waals surface area contributed by atoms with Crippen LogP contribution in [-0.2, 0) is 5.41 Å². The van der Waals surface area contributed by atoms with Crippen LogP contribution in [0.5, 0.6) is 0 Å². The molecule has 0 aliphatic carbocycles. The first-order valence-corrected chi connectivity index (χ1v) is 8.04. The van der Waals surface area contributed by atoms with E-state index in [2.05, 4.69) is 58.6 Å². The molecule has 0 N–H and O–H groups in total. The first kappa shape index (κ1) is 17.0. The number of carbonyl (C=O) groups excluding carboxylic acids is 1. The lowest BCUT2D eigenvalue weighted by molar-refractivity contribution is 0.105. The van der Waals surface area contributed by atoms with Gasteiger partial charge in [0.1, 0.15) is 0 Å². The summed E-state index contributed by atoms with van der Waals surface area (Å²) in [5.74, 6) is 6.05. The first-order valence-electron chi connectivity index (χ1n) is 8.04. The smallest absolute Gasteiger partial charge is 0.236 e. The number of hydrogen-bond acceptors (Lipinski definition) is 1. The molecule has 0 radical (unpaired) electrons. The lowest BCUT2D eigenvalue weighted by atomic mass is 9.86. The van der Waals surface area contributed by atoms with Crippen molar-refractivity contribution in [3.63, 3.8) is 0 Å². The van der Waals surface area contributed by atoms with E-state index in [4.69, 9.17) is 0 Å². The summed E-state index contributed by atoms with van der Waals surface area (Å²) in [7, 11) is 0. The molecular weight excluding hydrogens is 280 g/mol. The van der Waals surface area contributed by atoms with Gasteiger partial charge in [0.15, 0.2) is 0 Å². The number of carbonyl (C=O) groups is 1. The molecule has 1 heteroatoms. The SMILES string of the molecule is CC(C)c1ccc(C#CC(=O)c2ccc(C(C)(C)C)cc2)cc1. The van der Waals surface area contributed by atoms with Gasteiger partial charge in [0.25, 0.3) is 0 Å². The molecule has 1 nitrogen and oxygen atoms in total. The number of hydrogen-bond donors (Lipinski definition) is 0. The molecule has 0 amide bonds. The minimum atomic E-state index is -0.140. The molecule has 23 heavy (non-hydrogen) atoms. The van der Waals surface area contributed by atoms with Crippen molar-refractivity contribution in [2.75, 3.05) is 0 Å². The highest BCUT2D eigenvalue weighted by molar-refractivity contribution is 6.09. The van der Waals surface area contributed by atoms with Crippen molar-refractivity contribution in [2.45, 2.75) is 46.0 Å². The van der Waals surface area contributed by atoms with Crippen molar-refractivity contribution in [1.82, 2.24) is 0 Å². The van der Waals surface area contributed by atoms with Crippen molar-refractivity contribution in [2.24, 2.45) is 0 Å². The molecule has 0 unspecified atom stereocenters. The average molecular weight is 304 g/mol. The maximum absolute atomic E-state index is 12.2. The summed E-state index contributed by atoms with van der Waals surface area (Å²) in [6, 6.07) is 15.8. The Morgan fingerprint density at radius 1 is 0.913 bits per heavy atom. The standard InChI is InChI=1S/C22H24O/c1-16(2)18-9-6-17(7-10-18)8-15-21(23)19-11-13-20(14-12-19)22(3,4)5/h6-7,9-14,16H,1-5H3. The topological polar surface area (TPSA) is 17.1 Å². The van der Waals surface area contributed by atoms with Gasteiger partial charge in [-0.05, 0) is 40.5 Å². The monoisotopic (exact) mass is 304 g/mol. The van der Waals surface area contributed by atoms with Crippen molar-refractivity contribution in [1.29, 1.82) is 0 Å². The zero-order valence-electron chi connectivity index (χ0n) is 14.6. The van der Waals surface area contributed by atoms with Crippen LogP contribution in [0.3, 0.4) is 0 Å². The molecule has 2 rings (SSSR count). The third-order valence-corrected chi connectivity index (χ3v) is 3.91. The molecule has 118 valence electrons. The van der Waals surface area contributed by atoms with E-state index in [0.29, 0.717) is 11.5 Å². The molecule has 2 aromatic rings. The van der Waals surface area contributed by atoms with Crippen LogP contribution in [0.15, 0.2) is 48.5 Å². The highest BCUT2D eigenvalue weighted by Crippen LogP contribution is 2.22. The Balaban J connectivity index is 2.13. The van der Waals surface area contributed by atoms with Gasteiger partial charge in [0, 0.05) is 11.1 Å². The van der Waals surface area contributed by atoms with Crippen molar-refractivity contribution in [3.8, 4) is 11.8 Å². The molecule has 0 aromatic heterocycles. The normalized spacial score (nSPS) is 11.0. The van der Waals surface area contributed by atoms with Gasteiger partial charge in [-0.3, -0.25) is 4.79 Å². The third-order valence-electron chi connectivity index (χ3n) is 3.91. The molecule has 0 aliphatic rings. The maximum atomic E-state index is 12.2. The Kier molecular flexibility index (Phi) is 5.06. The van der Waals surface area contributed by atoms with Gasteiger partial charge < -0.3 is 0 Å². The van der Waals surface area contributed by atoms with E-state index in [1.54, 1.807) is 0 Å². The zero-order valence-corrected chi connectivity index (χ0v) is 14.6. The average Bonchev–Trinajstić information content (AvgIpc) is 2.52. The minimum Gasteiger partial charge on any atom is -0.279 e. The van der Waals surface area contributed by atoms with Crippen LogP contribution < -0.4 is 0 Å². The molecule has 2 aromatic carbocycles. The lowest BCUT2D eigenvalue weighted by Crippen LogP contribution is -2.11. The molecule has 0 saturated heterocycles. The van der Waals surface area contributed by atoms with E-state index < -0.39 is 0 Å². The summed E-state index contributed by atoms with van der Waals surface area (Å²) >= 11 is 0. The van der Waals surface area contributed by atoms with Crippen LogP contribution in [0.25, 0.3) is 0 Å². The van der Waals surface area contributed by atoms with E-state index in [1.165, 1.54) is 11.1 Å². The van der Waals surface area contributed by atoms with Crippen LogP contribution in [0.2, 0.25) is 0 Å². The predicted octanol–water partition coefficient (Wildman–Crippen LogP) is 5.34. The highest BCUT2D eigenvalue weighted by Gasteiger charge is 2.13. The van der Waals surface area contributed by atoms with Crippen LogP contribution >= 0.6 is 0 Å². The second kappa shape index (κ2) is 6.84. The van der Waals surface area contributed by atoms with Gasteiger partial charge in [0.05, 0.1) is 0 Å². The van der Waals surface area contributed by atoms with Gasteiger partial charge >= 0.3 is 0 Å². The van der Waals surface area contributed by atoms with Crippen LogP contribution in [0.1, 0.15) is 67.6 Å². The molecule has 0 saturated carbocycles. The van der Waals surface area contributed by atoms with Crippen molar-refractivity contribution < 1.29 is 4.79 Å². The van der Waals surface area contributed by atoms with Crippen LogP contribution in [0, 0.1) is 11.8 Å². The number of Topliss-reactive ketones (excluding diaryl/α,β-unsaturated/α-hetero) is 1. The Morgan fingerprint density at radius 2 is 1.48 bits per heavy atom. The van der Waals surface area contributed by atoms with Gasteiger partial charge in [-0.15, -0.1) is 0 Å².